The van der Waals surface area contributed by atoms with Gasteiger partial charge in [0.05, 0.1) is 5.69 Å². The highest BCUT2D eigenvalue weighted by atomic mass is 32.1. The summed E-state index contributed by atoms with van der Waals surface area (Å²) in [5.74, 6) is -1.77. The lowest BCUT2D eigenvalue weighted by atomic mass is 10.1. The summed E-state index contributed by atoms with van der Waals surface area (Å²) in [6, 6.07) is 13.0. The second-order valence-corrected chi connectivity index (χ2v) is 8.39. The van der Waals surface area contributed by atoms with Crippen LogP contribution in [-0.2, 0) is 20.9 Å². The Bertz CT molecular complexity index is 1340. The Hall–Kier alpha value is -3.85. The summed E-state index contributed by atoms with van der Waals surface area (Å²) in [6.07, 6.45) is 5.24. The first kappa shape index (κ1) is 21.0. The monoisotopic (exact) mass is 462 g/mol. The van der Waals surface area contributed by atoms with Crippen LogP contribution in [0.4, 0.5) is 10.1 Å². The summed E-state index contributed by atoms with van der Waals surface area (Å²) in [5.41, 5.74) is 1.66. The number of carbonyl (C=O) groups excluding carboxylic acids is 3. The van der Waals surface area contributed by atoms with Gasteiger partial charge in [0.15, 0.2) is 5.11 Å². The van der Waals surface area contributed by atoms with E-state index >= 15 is 0 Å². The average molecular weight is 463 g/mol. The van der Waals surface area contributed by atoms with Crippen molar-refractivity contribution in [1.29, 1.82) is 0 Å². The van der Waals surface area contributed by atoms with Gasteiger partial charge in [-0.15, -0.1) is 0 Å². The molecule has 1 aliphatic heterocycles. The Kier molecular flexibility index (Phi) is 5.26. The van der Waals surface area contributed by atoms with Crippen LogP contribution in [-0.4, -0.2) is 33.4 Å². The predicted molar refractivity (Wildman–Crippen MR) is 126 cm³/mol. The van der Waals surface area contributed by atoms with E-state index in [9.17, 15) is 18.8 Å². The highest BCUT2D eigenvalue weighted by Crippen LogP contribution is 2.27. The third-order valence-corrected chi connectivity index (χ3v) is 5.85. The van der Waals surface area contributed by atoms with E-state index in [0.29, 0.717) is 11.3 Å². The Morgan fingerprint density at radius 2 is 1.88 bits per heavy atom. The Morgan fingerprint density at radius 3 is 2.61 bits per heavy atom. The Morgan fingerprint density at radius 1 is 1.15 bits per heavy atom. The number of carbonyl (C=O) groups is 3. The third kappa shape index (κ3) is 4.14. The SMILES string of the molecule is O=C(Cn1cc(/C=C2\C(=O)NC(=S)N(c3ccc(F)cc3)C2=O)c2ccccc21)NC1CC1. The number of hydrogen-bond acceptors (Lipinski definition) is 4. The summed E-state index contributed by atoms with van der Waals surface area (Å²) in [6.45, 7) is 0.131. The molecule has 0 radical (unpaired) electrons. The summed E-state index contributed by atoms with van der Waals surface area (Å²) in [4.78, 5) is 39.4. The van der Waals surface area contributed by atoms with Crippen LogP contribution >= 0.6 is 12.2 Å². The number of amides is 3. The molecule has 33 heavy (non-hydrogen) atoms. The number of rotatable bonds is 5. The standard InChI is InChI=1S/C24H19FN4O3S/c25-15-5-9-17(10-6-15)29-23(32)19(22(31)27-24(29)33)11-14-12-28(13-21(30)26-16-7-8-16)20-4-2-1-3-18(14)20/h1-6,9-12,16H,7-8,13H2,(H,26,30)(H,27,31,33)/b19-11+. The second-order valence-electron chi connectivity index (χ2n) is 8.01. The largest absolute Gasteiger partial charge is 0.352 e. The van der Waals surface area contributed by atoms with Gasteiger partial charge >= 0.3 is 0 Å². The molecule has 1 aliphatic carbocycles. The number of nitrogens with one attached hydrogen (secondary N) is 2. The van der Waals surface area contributed by atoms with E-state index in [2.05, 4.69) is 10.6 Å². The molecule has 2 aromatic carbocycles. The quantitative estimate of drug-likeness (QED) is 0.347. The normalized spacial score (nSPS) is 17.5. The van der Waals surface area contributed by atoms with Gasteiger partial charge in [0.1, 0.15) is 17.9 Å². The molecule has 3 amide bonds. The smallest absolute Gasteiger partial charge is 0.270 e. The number of para-hydroxylation sites is 1. The lowest BCUT2D eigenvalue weighted by molar-refractivity contribution is -0.123. The highest BCUT2D eigenvalue weighted by Gasteiger charge is 2.34. The summed E-state index contributed by atoms with van der Waals surface area (Å²) >= 11 is 5.19. The number of fused-ring (bicyclic) bond motifs is 1. The zero-order chi connectivity index (χ0) is 23.1. The topological polar surface area (TPSA) is 83.4 Å². The molecule has 2 N–H and O–H groups in total. The zero-order valence-corrected chi connectivity index (χ0v) is 18.2. The molecule has 9 heteroatoms. The first-order valence-corrected chi connectivity index (χ1v) is 10.9. The molecular weight excluding hydrogens is 443 g/mol. The van der Waals surface area contributed by atoms with Gasteiger partial charge in [0.25, 0.3) is 11.8 Å². The van der Waals surface area contributed by atoms with Gasteiger partial charge in [0, 0.05) is 28.7 Å². The van der Waals surface area contributed by atoms with Gasteiger partial charge in [-0.3, -0.25) is 24.6 Å². The van der Waals surface area contributed by atoms with Crippen molar-refractivity contribution in [1.82, 2.24) is 15.2 Å². The first-order valence-electron chi connectivity index (χ1n) is 10.4. The first-order chi connectivity index (χ1) is 15.9. The molecule has 5 rings (SSSR count). The van der Waals surface area contributed by atoms with E-state index in [1.54, 1.807) is 10.8 Å². The van der Waals surface area contributed by atoms with Crippen LogP contribution in [0.5, 0.6) is 0 Å². The molecule has 2 fully saturated rings. The van der Waals surface area contributed by atoms with Crippen LogP contribution < -0.4 is 15.5 Å². The van der Waals surface area contributed by atoms with Crippen LogP contribution in [0.25, 0.3) is 17.0 Å². The van der Waals surface area contributed by atoms with Gasteiger partial charge in [0.2, 0.25) is 5.91 Å². The summed E-state index contributed by atoms with van der Waals surface area (Å²) in [7, 11) is 0. The second kappa shape index (κ2) is 8.25. The van der Waals surface area contributed by atoms with Crippen molar-refractivity contribution in [2.24, 2.45) is 0 Å². The minimum absolute atomic E-state index is 0.0760. The fraction of sp³-hybridized carbons (Fsp3) is 0.167. The molecule has 166 valence electrons. The maximum atomic E-state index is 13.3. The van der Waals surface area contributed by atoms with Crippen LogP contribution in [0.15, 0.2) is 60.3 Å². The maximum Gasteiger partial charge on any atom is 0.270 e. The van der Waals surface area contributed by atoms with Crippen LogP contribution in [0.1, 0.15) is 18.4 Å². The number of nitrogens with zero attached hydrogens (tertiary/aromatic N) is 2. The molecule has 3 aromatic rings. The molecule has 2 aliphatic rings. The van der Waals surface area contributed by atoms with E-state index in [4.69, 9.17) is 12.2 Å². The van der Waals surface area contributed by atoms with Gasteiger partial charge in [-0.1, -0.05) is 18.2 Å². The molecule has 0 atom stereocenters. The summed E-state index contributed by atoms with van der Waals surface area (Å²) < 4.78 is 15.1. The molecule has 0 spiro atoms. The van der Waals surface area contributed by atoms with Gasteiger partial charge in [-0.2, -0.15) is 0 Å². The molecular formula is C24H19FN4O3S. The van der Waals surface area contributed by atoms with Gasteiger partial charge in [-0.25, -0.2) is 4.39 Å². The lowest BCUT2D eigenvalue weighted by Crippen LogP contribution is -2.54. The van der Waals surface area contributed by atoms with Crippen LogP contribution in [0.3, 0.4) is 0 Å². The summed E-state index contributed by atoms with van der Waals surface area (Å²) in [5, 5.41) is 6.21. The number of halogens is 1. The molecule has 1 saturated carbocycles. The third-order valence-electron chi connectivity index (χ3n) is 5.56. The van der Waals surface area contributed by atoms with Crippen molar-refractivity contribution in [2.45, 2.75) is 25.4 Å². The molecule has 1 saturated heterocycles. The lowest BCUT2D eigenvalue weighted by Gasteiger charge is -2.28. The molecule has 2 heterocycles. The molecule has 0 bridgehead atoms. The number of benzene rings is 2. The fourth-order valence-corrected chi connectivity index (χ4v) is 4.10. The van der Waals surface area contributed by atoms with Crippen molar-refractivity contribution in [3.05, 3.63) is 71.7 Å². The predicted octanol–water partition coefficient (Wildman–Crippen LogP) is 2.89. The fourth-order valence-electron chi connectivity index (χ4n) is 3.81. The van der Waals surface area contributed by atoms with E-state index in [-0.39, 0.29) is 29.2 Å². The zero-order valence-electron chi connectivity index (χ0n) is 17.4. The molecule has 0 unspecified atom stereocenters. The molecule has 1 aromatic heterocycles. The number of hydrogen-bond donors (Lipinski definition) is 2. The van der Waals surface area contributed by atoms with E-state index in [1.165, 1.54) is 30.3 Å². The van der Waals surface area contributed by atoms with Crippen molar-refractivity contribution < 1.29 is 18.8 Å². The minimum Gasteiger partial charge on any atom is -0.352 e. The van der Waals surface area contributed by atoms with Crippen LogP contribution in [0.2, 0.25) is 0 Å². The van der Waals surface area contributed by atoms with Gasteiger partial charge < -0.3 is 9.88 Å². The van der Waals surface area contributed by atoms with Crippen LogP contribution in [0, 0.1) is 5.82 Å². The van der Waals surface area contributed by atoms with Crippen molar-refractivity contribution in [3.8, 4) is 0 Å². The number of anilines is 1. The van der Waals surface area contributed by atoms with Crippen molar-refractivity contribution in [3.63, 3.8) is 0 Å². The number of aromatic nitrogens is 1. The van der Waals surface area contributed by atoms with Gasteiger partial charge in [-0.05, 0) is 61.5 Å². The van der Waals surface area contributed by atoms with E-state index in [0.717, 1.165) is 28.6 Å². The van der Waals surface area contributed by atoms with E-state index < -0.39 is 17.6 Å². The Balaban J connectivity index is 1.51. The Labute approximate surface area is 193 Å². The van der Waals surface area contributed by atoms with Crippen molar-refractivity contribution >= 4 is 57.7 Å². The van der Waals surface area contributed by atoms with E-state index in [1.807, 2.05) is 24.3 Å². The van der Waals surface area contributed by atoms with Crippen molar-refractivity contribution in [2.75, 3.05) is 4.90 Å². The maximum absolute atomic E-state index is 13.3. The minimum atomic E-state index is -0.619. The average Bonchev–Trinajstić information content (AvgIpc) is 3.53. The highest BCUT2D eigenvalue weighted by molar-refractivity contribution is 7.80. The molecule has 7 nitrogen and oxygen atoms in total. The number of thiocarbonyl (C=S) groups is 1.